The summed E-state index contributed by atoms with van der Waals surface area (Å²) in [6, 6.07) is 0. The molecule has 0 amide bonds. The Labute approximate surface area is 151 Å². The van der Waals surface area contributed by atoms with Crippen LogP contribution in [0.3, 0.4) is 0 Å². The Hall–Kier alpha value is -0.450. The van der Waals surface area contributed by atoms with Crippen molar-refractivity contribution in [3.63, 3.8) is 0 Å². The third-order valence-electron chi connectivity index (χ3n) is 9.05. The van der Waals surface area contributed by atoms with Gasteiger partial charge in [0.2, 0.25) is 0 Å². The molecule has 0 radical (unpaired) electrons. The summed E-state index contributed by atoms with van der Waals surface area (Å²) >= 11 is 0. The van der Waals surface area contributed by atoms with E-state index in [9.17, 15) is 9.90 Å². The molecular formula is C21H34O4. The summed E-state index contributed by atoms with van der Waals surface area (Å²) in [6.07, 6.45) is 7.22. The summed E-state index contributed by atoms with van der Waals surface area (Å²) in [5.41, 5.74) is -0.142. The fraction of sp³-hybridized carbons (Fsp3) is 0.952. The molecule has 0 spiro atoms. The lowest BCUT2D eigenvalue weighted by Gasteiger charge is -2.62. The zero-order valence-corrected chi connectivity index (χ0v) is 16.2. The number of aliphatic hydroxyl groups excluding tert-OH is 1. The normalized spacial score (nSPS) is 51.6. The first-order chi connectivity index (χ1) is 11.8. The van der Waals surface area contributed by atoms with Crippen molar-refractivity contribution in [3.05, 3.63) is 0 Å². The first-order valence-corrected chi connectivity index (χ1v) is 10.1. The Balaban J connectivity index is 1.65. The summed E-state index contributed by atoms with van der Waals surface area (Å²) in [5, 5.41) is 11.2. The average molecular weight is 350 g/mol. The van der Waals surface area contributed by atoms with Gasteiger partial charge in [-0.2, -0.15) is 0 Å². The predicted molar refractivity (Wildman–Crippen MR) is 94.9 cm³/mol. The number of ketones is 1. The number of methoxy groups -OCH3 is 2. The Morgan fingerprint density at radius 3 is 2.44 bits per heavy atom. The molecule has 4 nitrogen and oxygen atoms in total. The van der Waals surface area contributed by atoms with Gasteiger partial charge in [0.05, 0.1) is 6.10 Å². The number of rotatable bonds is 2. The fourth-order valence-electron chi connectivity index (χ4n) is 7.55. The maximum atomic E-state index is 12.5. The molecule has 1 N–H and O–H groups in total. The predicted octanol–water partition coefficient (Wildman–Crippen LogP) is 3.56. The number of Topliss-reactive ketones (excluding diaryl/α,β-unsaturated/α-hetero) is 1. The topological polar surface area (TPSA) is 55.8 Å². The van der Waals surface area contributed by atoms with Gasteiger partial charge in [-0.05, 0) is 61.2 Å². The van der Waals surface area contributed by atoms with Crippen LogP contribution in [0, 0.1) is 34.5 Å². The van der Waals surface area contributed by atoms with Crippen LogP contribution in [0.15, 0.2) is 0 Å². The molecule has 25 heavy (non-hydrogen) atoms. The van der Waals surface area contributed by atoms with E-state index in [1.54, 1.807) is 14.2 Å². The first kappa shape index (κ1) is 17.9. The van der Waals surface area contributed by atoms with E-state index in [4.69, 9.17) is 9.47 Å². The lowest BCUT2D eigenvalue weighted by molar-refractivity contribution is -0.267. The fourth-order valence-corrected chi connectivity index (χ4v) is 7.55. The van der Waals surface area contributed by atoms with Gasteiger partial charge < -0.3 is 14.6 Å². The molecule has 7 atom stereocenters. The molecule has 0 unspecified atom stereocenters. The molecular weight excluding hydrogens is 316 g/mol. The van der Waals surface area contributed by atoms with Gasteiger partial charge in [-0.3, -0.25) is 4.79 Å². The van der Waals surface area contributed by atoms with E-state index in [2.05, 4.69) is 13.8 Å². The molecule has 4 fully saturated rings. The highest BCUT2D eigenvalue weighted by Gasteiger charge is 2.64. The molecule has 4 saturated carbocycles. The summed E-state index contributed by atoms with van der Waals surface area (Å²) in [6.45, 7) is 4.52. The lowest BCUT2D eigenvalue weighted by Crippen LogP contribution is -2.60. The number of hydrogen-bond acceptors (Lipinski definition) is 4. The van der Waals surface area contributed by atoms with Crippen molar-refractivity contribution in [1.82, 2.24) is 0 Å². The van der Waals surface area contributed by atoms with Crippen LogP contribution in [0.1, 0.15) is 65.2 Å². The van der Waals surface area contributed by atoms with Crippen molar-refractivity contribution in [3.8, 4) is 0 Å². The van der Waals surface area contributed by atoms with E-state index in [-0.39, 0.29) is 16.9 Å². The van der Waals surface area contributed by atoms with E-state index in [0.29, 0.717) is 42.3 Å². The van der Waals surface area contributed by atoms with E-state index in [0.717, 1.165) is 32.1 Å². The van der Waals surface area contributed by atoms with E-state index in [1.165, 1.54) is 6.42 Å². The molecule has 0 aromatic heterocycles. The molecule has 0 heterocycles. The third-order valence-corrected chi connectivity index (χ3v) is 9.05. The number of ether oxygens (including phenoxy) is 2. The minimum absolute atomic E-state index is 0.135. The molecule has 4 heteroatoms. The van der Waals surface area contributed by atoms with Crippen LogP contribution in [0.2, 0.25) is 0 Å². The molecule has 4 aliphatic carbocycles. The SMILES string of the molecule is COC1(OC)CC[C@@]2(C)[C@H](CC[C@@H]3[C@@H]2[C@H](O)C[C@]2(C)C(=O)CC[C@@H]32)C1. The highest BCUT2D eigenvalue weighted by atomic mass is 16.7. The molecule has 0 aromatic carbocycles. The second-order valence-electron chi connectivity index (χ2n) is 9.75. The molecule has 142 valence electrons. The molecule has 0 aromatic rings. The monoisotopic (exact) mass is 350 g/mol. The lowest BCUT2D eigenvalue weighted by atomic mass is 9.44. The van der Waals surface area contributed by atoms with Crippen LogP contribution >= 0.6 is 0 Å². The van der Waals surface area contributed by atoms with Crippen LogP contribution in [0.4, 0.5) is 0 Å². The van der Waals surface area contributed by atoms with E-state index >= 15 is 0 Å². The van der Waals surface area contributed by atoms with Gasteiger partial charge in [-0.1, -0.05) is 13.8 Å². The number of carbonyl (C=O) groups is 1. The van der Waals surface area contributed by atoms with Gasteiger partial charge in [-0.15, -0.1) is 0 Å². The van der Waals surface area contributed by atoms with E-state index < -0.39 is 5.79 Å². The van der Waals surface area contributed by atoms with Crippen molar-refractivity contribution < 1.29 is 19.4 Å². The van der Waals surface area contributed by atoms with Gasteiger partial charge in [0.25, 0.3) is 0 Å². The second-order valence-corrected chi connectivity index (χ2v) is 9.75. The van der Waals surface area contributed by atoms with Gasteiger partial charge in [-0.25, -0.2) is 0 Å². The highest BCUT2D eigenvalue weighted by molar-refractivity contribution is 5.87. The molecule has 4 rings (SSSR count). The van der Waals surface area contributed by atoms with Crippen molar-refractivity contribution in [2.75, 3.05) is 14.2 Å². The molecule has 4 aliphatic rings. The Kier molecular flexibility index (Phi) is 4.14. The Morgan fingerprint density at radius 2 is 1.76 bits per heavy atom. The van der Waals surface area contributed by atoms with Crippen LogP contribution in [-0.2, 0) is 14.3 Å². The standard InChI is InChI=1S/C21H34O4/c1-19-9-10-21(24-3,25-4)11-13(19)5-6-14-15-7-8-17(23)20(15,2)12-16(22)18(14)19/h13-16,18,22H,5-12H2,1-4H3/t13-,14+,15+,16-,18-,19+,20+/m1/s1. The summed E-state index contributed by atoms with van der Waals surface area (Å²) in [5.74, 6) is 1.76. The minimum Gasteiger partial charge on any atom is -0.393 e. The zero-order chi connectivity index (χ0) is 18.0. The summed E-state index contributed by atoms with van der Waals surface area (Å²) < 4.78 is 11.5. The smallest absolute Gasteiger partial charge is 0.167 e. The van der Waals surface area contributed by atoms with Gasteiger partial charge in [0, 0.05) is 38.9 Å². The molecule has 0 aliphatic heterocycles. The minimum atomic E-state index is -0.450. The zero-order valence-electron chi connectivity index (χ0n) is 16.2. The Bertz CT molecular complexity index is 556. The number of carbonyl (C=O) groups excluding carboxylic acids is 1. The quantitative estimate of drug-likeness (QED) is 0.774. The van der Waals surface area contributed by atoms with Gasteiger partial charge >= 0.3 is 0 Å². The maximum Gasteiger partial charge on any atom is 0.167 e. The average Bonchev–Trinajstić information content (AvgIpc) is 2.89. The summed E-state index contributed by atoms with van der Waals surface area (Å²) in [7, 11) is 3.51. The summed E-state index contributed by atoms with van der Waals surface area (Å²) in [4.78, 5) is 12.5. The van der Waals surface area contributed by atoms with Crippen LogP contribution in [-0.4, -0.2) is 37.0 Å². The first-order valence-electron chi connectivity index (χ1n) is 10.1. The van der Waals surface area contributed by atoms with Crippen molar-refractivity contribution in [2.45, 2.75) is 77.1 Å². The number of hydrogen-bond donors (Lipinski definition) is 1. The van der Waals surface area contributed by atoms with Crippen molar-refractivity contribution >= 4 is 5.78 Å². The molecule has 0 saturated heterocycles. The van der Waals surface area contributed by atoms with Crippen LogP contribution in [0.5, 0.6) is 0 Å². The van der Waals surface area contributed by atoms with Crippen LogP contribution in [0.25, 0.3) is 0 Å². The number of aliphatic hydroxyl groups is 1. The maximum absolute atomic E-state index is 12.5. The van der Waals surface area contributed by atoms with Crippen molar-refractivity contribution in [1.29, 1.82) is 0 Å². The van der Waals surface area contributed by atoms with Gasteiger partial charge in [0.15, 0.2) is 5.79 Å². The third kappa shape index (κ3) is 2.33. The molecule has 0 bridgehead atoms. The van der Waals surface area contributed by atoms with Gasteiger partial charge in [0.1, 0.15) is 5.78 Å². The highest BCUT2D eigenvalue weighted by Crippen LogP contribution is 2.66. The van der Waals surface area contributed by atoms with Crippen molar-refractivity contribution in [2.24, 2.45) is 34.5 Å². The number of fused-ring (bicyclic) bond motifs is 5. The Morgan fingerprint density at radius 1 is 1.04 bits per heavy atom. The van der Waals surface area contributed by atoms with E-state index in [1.807, 2.05) is 0 Å². The second kappa shape index (κ2) is 5.77. The van der Waals surface area contributed by atoms with Crippen LogP contribution < -0.4 is 0 Å². The largest absolute Gasteiger partial charge is 0.393 e.